The number of hydrogen-bond donors (Lipinski definition) is 1. The van der Waals surface area contributed by atoms with Crippen LogP contribution in [0.1, 0.15) is 47.9 Å². The van der Waals surface area contributed by atoms with E-state index in [1.165, 1.54) is 22.0 Å². The number of rotatable bonds is 5. The maximum Gasteiger partial charge on any atom is 1.00 e. The van der Waals surface area contributed by atoms with Crippen molar-refractivity contribution in [3.8, 4) is 0 Å². The van der Waals surface area contributed by atoms with Crippen molar-refractivity contribution >= 4 is 33.5 Å². The third-order valence-electron chi connectivity index (χ3n) is 7.06. The van der Waals surface area contributed by atoms with Crippen LogP contribution < -0.4 is 39.2 Å². The van der Waals surface area contributed by atoms with Crippen LogP contribution in [0.4, 0.5) is 16.2 Å². The van der Waals surface area contributed by atoms with E-state index >= 15 is 0 Å². The van der Waals surface area contributed by atoms with Crippen LogP contribution in [0.2, 0.25) is 0 Å². The van der Waals surface area contributed by atoms with E-state index in [4.69, 9.17) is 0 Å². The normalized spacial score (nSPS) is 19.1. The van der Waals surface area contributed by atoms with E-state index in [2.05, 4.69) is 21.2 Å². The molecule has 0 saturated carbocycles. The van der Waals surface area contributed by atoms with Crippen molar-refractivity contribution in [1.29, 1.82) is 0 Å². The molecule has 2 heterocycles. The molecule has 1 saturated heterocycles. The quantitative estimate of drug-likeness (QED) is 0.556. The van der Waals surface area contributed by atoms with Gasteiger partial charge in [0.25, 0.3) is 10.2 Å². The van der Waals surface area contributed by atoms with Gasteiger partial charge in [-0.05, 0) is 72.9 Å². The van der Waals surface area contributed by atoms with Crippen LogP contribution in [0.3, 0.4) is 0 Å². The van der Waals surface area contributed by atoms with E-state index in [0.29, 0.717) is 13.0 Å². The zero-order valence-corrected chi connectivity index (χ0v) is 23.3. The van der Waals surface area contributed by atoms with E-state index in [9.17, 15) is 18.0 Å². The topological polar surface area (TPSA) is 119 Å². The van der Waals surface area contributed by atoms with E-state index in [0.717, 1.165) is 59.6 Å². The molecule has 1 aromatic carbocycles. The minimum Gasteiger partial charge on any atom is -0.423 e. The van der Waals surface area contributed by atoms with E-state index in [1.807, 2.05) is 0 Å². The average Bonchev–Trinajstić information content (AvgIpc) is 3.51. The monoisotopic (exact) mass is 508 g/mol. The first-order valence-corrected chi connectivity index (χ1v) is 13.1. The number of carbonyl (C=O) groups is 2. The zero-order valence-electron chi connectivity index (χ0n) is 20.5. The van der Waals surface area contributed by atoms with Crippen molar-refractivity contribution in [3.63, 3.8) is 0 Å². The summed E-state index contributed by atoms with van der Waals surface area (Å²) in [6.07, 6.45) is 9.13. The molecule has 2 aliphatic carbocycles. The molecule has 1 N–H and O–H groups in total. The summed E-state index contributed by atoms with van der Waals surface area (Å²) in [5.74, 6) is -0.153. The number of urea groups is 1. The minimum absolute atomic E-state index is 0. The molecule has 10 nitrogen and oxygen atoms in total. The standard InChI is InChI=1S/C23H30N6O4S.Na/c1-27-10-9-17(12-21(27)30)29(18-13-24-28(2)14-18)34(32,33)26-23(31)25-22-19-7-3-5-15(19)11-16-6-4-8-20(16)22;/h11,13-14,17H,3-10,12H2,1-2H3,(H2,25,26,31);/q;+1/p-1. The summed E-state index contributed by atoms with van der Waals surface area (Å²) in [5, 5.41) is 6.90. The first-order chi connectivity index (χ1) is 16.2. The van der Waals surface area contributed by atoms with Gasteiger partial charge in [-0.25, -0.2) is 8.42 Å². The van der Waals surface area contributed by atoms with Gasteiger partial charge in [0.05, 0.1) is 17.9 Å². The third-order valence-corrected chi connectivity index (χ3v) is 8.47. The Hall–Kier alpha value is -2.08. The summed E-state index contributed by atoms with van der Waals surface area (Å²) >= 11 is 0. The van der Waals surface area contributed by atoms with Gasteiger partial charge in [-0.2, -0.15) is 5.10 Å². The molecule has 0 spiro atoms. The Kier molecular flexibility index (Phi) is 7.51. The summed E-state index contributed by atoms with van der Waals surface area (Å²) in [5.41, 5.74) is 5.70. The molecule has 12 heteroatoms. The van der Waals surface area contributed by atoms with Gasteiger partial charge in [0.1, 0.15) is 0 Å². The van der Waals surface area contributed by atoms with Crippen molar-refractivity contribution in [3.05, 3.63) is 45.4 Å². The minimum atomic E-state index is -4.43. The molecule has 5 rings (SSSR count). The number of amides is 3. The second-order valence-corrected chi connectivity index (χ2v) is 10.8. The van der Waals surface area contributed by atoms with Crippen molar-refractivity contribution in [2.45, 2.75) is 57.4 Å². The number of hydrogen-bond acceptors (Lipinski definition) is 5. The first kappa shape index (κ1) is 26.0. The van der Waals surface area contributed by atoms with Crippen molar-refractivity contribution < 1.29 is 47.6 Å². The van der Waals surface area contributed by atoms with Crippen LogP contribution in [0.25, 0.3) is 4.72 Å². The Labute approximate surface area is 227 Å². The van der Waals surface area contributed by atoms with Crippen LogP contribution in [-0.4, -0.2) is 54.7 Å². The fourth-order valence-corrected chi connectivity index (χ4v) is 6.69. The molecule has 182 valence electrons. The number of carbonyl (C=O) groups excluding carboxylic acids is 2. The summed E-state index contributed by atoms with van der Waals surface area (Å²) in [6.45, 7) is 0.421. The van der Waals surface area contributed by atoms with Crippen molar-refractivity contribution in [1.82, 2.24) is 14.7 Å². The van der Waals surface area contributed by atoms with E-state index in [-0.39, 0.29) is 47.6 Å². The number of nitrogens with one attached hydrogen (secondary N) is 1. The van der Waals surface area contributed by atoms with Crippen LogP contribution in [-0.2, 0) is 47.7 Å². The molecule has 0 bridgehead atoms. The van der Waals surface area contributed by atoms with Gasteiger partial charge in [0.2, 0.25) is 5.91 Å². The number of piperidine rings is 1. The van der Waals surface area contributed by atoms with Crippen LogP contribution >= 0.6 is 0 Å². The third kappa shape index (κ3) is 5.09. The molecular weight excluding hydrogens is 479 g/mol. The largest absolute Gasteiger partial charge is 1.00 e. The van der Waals surface area contributed by atoms with Crippen LogP contribution in [0.5, 0.6) is 0 Å². The van der Waals surface area contributed by atoms with Gasteiger partial charge in [-0.1, -0.05) is 6.07 Å². The van der Waals surface area contributed by atoms with Gasteiger partial charge < -0.3 is 14.9 Å². The zero-order chi connectivity index (χ0) is 24.0. The Morgan fingerprint density at radius 1 is 1.14 bits per heavy atom. The van der Waals surface area contributed by atoms with Gasteiger partial charge in [-0.3, -0.25) is 18.6 Å². The smallest absolute Gasteiger partial charge is 0.423 e. The molecule has 35 heavy (non-hydrogen) atoms. The Bertz CT molecular complexity index is 1230. The number of aryl methyl sites for hydroxylation is 3. The Morgan fingerprint density at radius 2 is 1.80 bits per heavy atom. The van der Waals surface area contributed by atoms with Gasteiger partial charge in [-0.15, -0.1) is 0 Å². The summed E-state index contributed by atoms with van der Waals surface area (Å²) in [4.78, 5) is 26.9. The molecule has 3 aliphatic rings. The van der Waals surface area contributed by atoms with Gasteiger partial charge in [0, 0.05) is 33.3 Å². The fourth-order valence-electron chi connectivity index (χ4n) is 5.43. The van der Waals surface area contributed by atoms with Crippen molar-refractivity contribution in [2.24, 2.45) is 7.05 Å². The molecule has 1 unspecified atom stereocenters. The second-order valence-electron chi connectivity index (χ2n) is 9.36. The molecule has 1 aromatic heterocycles. The van der Waals surface area contributed by atoms with E-state index in [1.54, 1.807) is 25.2 Å². The first-order valence-electron chi connectivity index (χ1n) is 11.7. The van der Waals surface area contributed by atoms with Crippen molar-refractivity contribution in [2.75, 3.05) is 23.2 Å². The predicted octanol–water partition coefficient (Wildman–Crippen LogP) is -0.321. The molecular formula is C23H29N6NaO4S. The second kappa shape index (κ2) is 10.1. The Morgan fingerprint density at radius 3 is 2.37 bits per heavy atom. The summed E-state index contributed by atoms with van der Waals surface area (Å²) < 4.78 is 33.1. The predicted molar refractivity (Wildman–Crippen MR) is 128 cm³/mol. The molecule has 1 fully saturated rings. The number of likely N-dealkylation sites (tertiary alicyclic amines) is 1. The maximum atomic E-state index is 13.4. The molecule has 3 amide bonds. The maximum absolute atomic E-state index is 13.4. The van der Waals surface area contributed by atoms with Gasteiger partial charge in [0.15, 0.2) is 6.03 Å². The number of nitrogens with zero attached hydrogens (tertiary/aromatic N) is 5. The SMILES string of the molecule is CN1CCC(N(c2cnn(C)c2)S(=O)(=O)[N-]C(=O)Nc2c3c(cc4c2CCC4)CCC3)CC1=O.[Na+]. The average molecular weight is 509 g/mol. The number of anilines is 2. The summed E-state index contributed by atoms with van der Waals surface area (Å²) in [7, 11) is -1.06. The number of benzene rings is 1. The molecule has 0 radical (unpaired) electrons. The van der Waals surface area contributed by atoms with Crippen LogP contribution in [0, 0.1) is 0 Å². The number of aromatic nitrogens is 2. The summed E-state index contributed by atoms with van der Waals surface area (Å²) in [6, 6.07) is 0.692. The molecule has 2 aromatic rings. The Balaban J connectivity index is 0.00000289. The number of fused-ring (bicyclic) bond motifs is 2. The van der Waals surface area contributed by atoms with E-state index < -0.39 is 22.3 Å². The van der Waals surface area contributed by atoms with Crippen LogP contribution in [0.15, 0.2) is 18.5 Å². The fraction of sp³-hybridized carbons (Fsp3) is 0.522. The molecule has 1 aliphatic heterocycles. The molecule has 1 atom stereocenters. The van der Waals surface area contributed by atoms with Gasteiger partial charge >= 0.3 is 29.6 Å².